The average Bonchev–Trinajstić information content (AvgIpc) is 3.13. The molecule has 168 valence electrons. The zero-order valence-corrected chi connectivity index (χ0v) is 18.5. The van der Waals surface area contributed by atoms with Gasteiger partial charge in [0.1, 0.15) is 6.61 Å². The van der Waals surface area contributed by atoms with Crippen LogP contribution < -0.4 is 0 Å². The van der Waals surface area contributed by atoms with Crippen LogP contribution in [0, 0.1) is 11.3 Å². The van der Waals surface area contributed by atoms with E-state index in [-0.39, 0.29) is 17.4 Å². The molecule has 0 radical (unpaired) electrons. The summed E-state index contributed by atoms with van der Waals surface area (Å²) in [4.78, 5) is 25.7. The molecule has 5 rings (SSSR count). The summed E-state index contributed by atoms with van der Waals surface area (Å²) in [6.45, 7) is 1.84. The zero-order valence-electron chi connectivity index (χ0n) is 18.5. The molecule has 1 heterocycles. The van der Waals surface area contributed by atoms with Crippen LogP contribution in [0.1, 0.15) is 62.0 Å². The topological polar surface area (TPSA) is 66.8 Å². The van der Waals surface area contributed by atoms with Crippen molar-refractivity contribution in [2.24, 2.45) is 11.3 Å². The highest BCUT2D eigenvalue weighted by atomic mass is 16.6. The summed E-state index contributed by atoms with van der Waals surface area (Å²) in [6, 6.07) is 16.8. The van der Waals surface area contributed by atoms with Crippen LogP contribution in [0.4, 0.5) is 4.79 Å². The number of nitrogens with zero attached hydrogens (tertiary/aromatic N) is 1. The summed E-state index contributed by atoms with van der Waals surface area (Å²) in [6.07, 6.45) is 6.25. The Bertz CT molecular complexity index is 953. The van der Waals surface area contributed by atoms with E-state index in [1.165, 1.54) is 22.3 Å². The number of fused-ring (bicyclic) bond motifs is 3. The third-order valence-electron chi connectivity index (χ3n) is 8.05. The molecule has 3 aliphatic rings. The molecule has 5 heteroatoms. The number of hydrogen-bond acceptors (Lipinski definition) is 3. The number of carboxylic acid groups (broad SMARTS) is 1. The first-order chi connectivity index (χ1) is 15.5. The highest BCUT2D eigenvalue weighted by molar-refractivity contribution is 5.79. The number of hydrogen-bond donors (Lipinski definition) is 1. The molecule has 2 aromatic rings. The highest BCUT2D eigenvalue weighted by Crippen LogP contribution is 2.47. The molecule has 5 nitrogen and oxygen atoms in total. The highest BCUT2D eigenvalue weighted by Gasteiger charge is 2.40. The van der Waals surface area contributed by atoms with E-state index in [2.05, 4.69) is 48.5 Å². The van der Waals surface area contributed by atoms with Crippen LogP contribution in [0.15, 0.2) is 48.5 Å². The Hall–Kier alpha value is -2.82. The van der Waals surface area contributed by atoms with Crippen molar-refractivity contribution >= 4 is 12.1 Å². The summed E-state index contributed by atoms with van der Waals surface area (Å²) in [7, 11) is 0. The first-order valence-electron chi connectivity index (χ1n) is 11.9. The van der Waals surface area contributed by atoms with Gasteiger partial charge in [-0.25, -0.2) is 4.79 Å². The first kappa shape index (κ1) is 21.0. The van der Waals surface area contributed by atoms with E-state index < -0.39 is 5.97 Å². The number of carbonyl (C=O) groups excluding carboxylic acids is 1. The van der Waals surface area contributed by atoms with Crippen molar-refractivity contribution in [1.29, 1.82) is 0 Å². The third-order valence-corrected chi connectivity index (χ3v) is 8.05. The molecule has 1 N–H and O–H groups in total. The van der Waals surface area contributed by atoms with Crippen molar-refractivity contribution in [2.45, 2.75) is 50.9 Å². The molecule has 1 amide bonds. The zero-order chi connectivity index (χ0) is 22.1. The van der Waals surface area contributed by atoms with E-state index in [0.717, 1.165) is 51.6 Å². The Labute approximate surface area is 189 Å². The quantitative estimate of drug-likeness (QED) is 0.673. The van der Waals surface area contributed by atoms with Gasteiger partial charge in [0.15, 0.2) is 0 Å². The molecule has 1 aliphatic heterocycles. The number of piperidine rings is 1. The number of carboxylic acids is 1. The maximum Gasteiger partial charge on any atom is 0.409 e. The average molecular weight is 434 g/mol. The standard InChI is InChI=1S/C27H31NO4/c29-25(30)17-19-9-11-27(12-10-19)13-15-28(16-14-27)26(31)32-18-24-22-7-3-1-5-20(22)21-6-2-4-8-23(21)24/h1-8,19,24H,9-18H2,(H,29,30). The molecule has 0 aromatic heterocycles. The third kappa shape index (κ3) is 4.01. The maximum absolute atomic E-state index is 12.9. The fourth-order valence-corrected chi connectivity index (χ4v) is 6.09. The number of carbonyl (C=O) groups is 2. The Morgan fingerprint density at radius 3 is 2.03 bits per heavy atom. The Balaban J connectivity index is 1.16. The summed E-state index contributed by atoms with van der Waals surface area (Å²) in [5, 5.41) is 9.04. The minimum Gasteiger partial charge on any atom is -0.481 e. The molecule has 32 heavy (non-hydrogen) atoms. The van der Waals surface area contributed by atoms with E-state index in [9.17, 15) is 9.59 Å². The fraction of sp³-hybridized carbons (Fsp3) is 0.481. The van der Waals surface area contributed by atoms with Gasteiger partial charge in [-0.1, -0.05) is 48.5 Å². The first-order valence-corrected chi connectivity index (χ1v) is 11.9. The summed E-state index contributed by atoms with van der Waals surface area (Å²) in [5.41, 5.74) is 5.23. The van der Waals surface area contributed by atoms with Gasteiger partial charge in [0, 0.05) is 25.4 Å². The largest absolute Gasteiger partial charge is 0.481 e. The molecular weight excluding hydrogens is 402 g/mol. The van der Waals surface area contributed by atoms with Crippen LogP contribution in [0.5, 0.6) is 0 Å². The van der Waals surface area contributed by atoms with Gasteiger partial charge in [0.25, 0.3) is 0 Å². The van der Waals surface area contributed by atoms with E-state index in [1.807, 2.05) is 4.90 Å². The van der Waals surface area contributed by atoms with E-state index in [0.29, 0.717) is 18.9 Å². The number of likely N-dealkylation sites (tertiary alicyclic amines) is 1. The fourth-order valence-electron chi connectivity index (χ4n) is 6.09. The van der Waals surface area contributed by atoms with Crippen molar-refractivity contribution in [1.82, 2.24) is 4.90 Å². The van der Waals surface area contributed by atoms with Gasteiger partial charge in [0.2, 0.25) is 0 Å². The molecule has 2 aliphatic carbocycles. The number of ether oxygens (including phenoxy) is 1. The minimum atomic E-state index is -0.684. The molecule has 2 fully saturated rings. The van der Waals surface area contributed by atoms with Crippen molar-refractivity contribution in [3.05, 3.63) is 59.7 Å². The maximum atomic E-state index is 12.9. The molecule has 2 aromatic carbocycles. The lowest BCUT2D eigenvalue weighted by Gasteiger charge is -2.45. The predicted octanol–water partition coefficient (Wildman–Crippen LogP) is 5.68. The van der Waals surface area contributed by atoms with E-state index >= 15 is 0 Å². The van der Waals surface area contributed by atoms with Crippen molar-refractivity contribution in [3.63, 3.8) is 0 Å². The Morgan fingerprint density at radius 1 is 0.906 bits per heavy atom. The van der Waals surface area contributed by atoms with Crippen LogP contribution in [-0.4, -0.2) is 41.8 Å². The lowest BCUT2D eigenvalue weighted by atomic mass is 9.65. The second-order valence-electron chi connectivity index (χ2n) is 9.83. The molecule has 1 saturated heterocycles. The monoisotopic (exact) mass is 433 g/mol. The van der Waals surface area contributed by atoms with E-state index in [1.54, 1.807) is 0 Å². The number of amides is 1. The Kier molecular flexibility index (Phi) is 5.66. The molecule has 1 saturated carbocycles. The molecule has 0 unspecified atom stereocenters. The summed E-state index contributed by atoms with van der Waals surface area (Å²) < 4.78 is 5.84. The van der Waals surface area contributed by atoms with Crippen LogP contribution in [0.2, 0.25) is 0 Å². The van der Waals surface area contributed by atoms with Gasteiger partial charge in [0.05, 0.1) is 0 Å². The van der Waals surface area contributed by atoms with Crippen LogP contribution >= 0.6 is 0 Å². The van der Waals surface area contributed by atoms with Gasteiger partial charge >= 0.3 is 12.1 Å². The van der Waals surface area contributed by atoms with Gasteiger partial charge < -0.3 is 14.7 Å². The molecule has 0 bridgehead atoms. The lowest BCUT2D eigenvalue weighted by Crippen LogP contribution is -2.45. The summed E-state index contributed by atoms with van der Waals surface area (Å²) in [5.74, 6) is -0.277. The van der Waals surface area contributed by atoms with Gasteiger partial charge in [-0.05, 0) is 72.1 Å². The molecule has 0 atom stereocenters. The number of rotatable bonds is 4. The SMILES string of the molecule is O=C(O)CC1CCC2(CC1)CCN(C(=O)OCC1c3ccccc3-c3ccccc31)CC2. The normalized spacial score (nSPS) is 20.1. The van der Waals surface area contributed by atoms with Crippen molar-refractivity contribution in [2.75, 3.05) is 19.7 Å². The lowest BCUT2D eigenvalue weighted by molar-refractivity contribution is -0.138. The minimum absolute atomic E-state index is 0.0898. The van der Waals surface area contributed by atoms with Gasteiger partial charge in [-0.3, -0.25) is 4.79 Å². The van der Waals surface area contributed by atoms with Gasteiger partial charge in [-0.15, -0.1) is 0 Å². The van der Waals surface area contributed by atoms with Gasteiger partial charge in [-0.2, -0.15) is 0 Å². The van der Waals surface area contributed by atoms with Crippen LogP contribution in [0.25, 0.3) is 11.1 Å². The number of benzene rings is 2. The van der Waals surface area contributed by atoms with Crippen molar-refractivity contribution in [3.8, 4) is 11.1 Å². The number of aliphatic carboxylic acids is 1. The molecule has 1 spiro atoms. The van der Waals surface area contributed by atoms with Crippen LogP contribution in [0.3, 0.4) is 0 Å². The van der Waals surface area contributed by atoms with Crippen molar-refractivity contribution < 1.29 is 19.4 Å². The Morgan fingerprint density at radius 2 is 1.47 bits per heavy atom. The smallest absolute Gasteiger partial charge is 0.409 e. The second kappa shape index (κ2) is 8.61. The summed E-state index contributed by atoms with van der Waals surface area (Å²) >= 11 is 0. The molecular formula is C27H31NO4. The van der Waals surface area contributed by atoms with E-state index in [4.69, 9.17) is 9.84 Å². The predicted molar refractivity (Wildman–Crippen MR) is 123 cm³/mol. The van der Waals surface area contributed by atoms with Crippen LogP contribution in [-0.2, 0) is 9.53 Å². The second-order valence-corrected chi connectivity index (χ2v) is 9.83.